The van der Waals surface area contributed by atoms with Crippen LogP contribution in [-0.2, 0) is 4.79 Å². The Labute approximate surface area is 144 Å². The first-order chi connectivity index (χ1) is 11.4. The maximum Gasteiger partial charge on any atom is 0.262 e. The minimum Gasteiger partial charge on any atom is -0.324 e. The van der Waals surface area contributed by atoms with Crippen molar-refractivity contribution < 1.29 is 4.79 Å². The number of hydrogen-bond acceptors (Lipinski definition) is 4. The van der Waals surface area contributed by atoms with Gasteiger partial charge in [-0.05, 0) is 45.4 Å². The molecular weight excluding hydrogens is 322 g/mol. The summed E-state index contributed by atoms with van der Waals surface area (Å²) in [5, 5.41) is 3.45. The van der Waals surface area contributed by atoms with E-state index < -0.39 is 6.04 Å². The number of hydrogen-bond donors (Lipinski definition) is 1. The van der Waals surface area contributed by atoms with Crippen molar-refractivity contribution >= 4 is 33.1 Å². The minimum atomic E-state index is -0.643. The molecule has 0 radical (unpaired) electrons. The lowest BCUT2D eigenvalue weighted by Gasteiger charge is -2.16. The van der Waals surface area contributed by atoms with Crippen LogP contribution in [0.15, 0.2) is 35.4 Å². The summed E-state index contributed by atoms with van der Waals surface area (Å²) >= 11 is 1.48. The molecule has 0 saturated heterocycles. The van der Waals surface area contributed by atoms with Gasteiger partial charge in [0.1, 0.15) is 10.9 Å². The van der Waals surface area contributed by atoms with E-state index >= 15 is 0 Å². The van der Waals surface area contributed by atoms with Crippen LogP contribution < -0.4 is 10.9 Å². The van der Waals surface area contributed by atoms with Crippen molar-refractivity contribution in [3.8, 4) is 0 Å². The average Bonchev–Trinajstić information content (AvgIpc) is 2.91. The SMILES string of the molecule is Cc1ccc(NC(=O)[C@H](C)n2cnc3sc(C)cc3c2=O)c(C)c1. The van der Waals surface area contributed by atoms with Gasteiger partial charge in [-0.3, -0.25) is 14.2 Å². The smallest absolute Gasteiger partial charge is 0.262 e. The number of fused-ring (bicyclic) bond motifs is 1. The van der Waals surface area contributed by atoms with Gasteiger partial charge >= 0.3 is 0 Å². The molecule has 124 valence electrons. The number of nitrogens with one attached hydrogen (secondary N) is 1. The first-order valence-electron chi connectivity index (χ1n) is 7.72. The predicted octanol–water partition coefficient (Wildman–Crippen LogP) is 3.58. The van der Waals surface area contributed by atoms with E-state index in [0.717, 1.165) is 21.7 Å². The van der Waals surface area contributed by atoms with Gasteiger partial charge in [0, 0.05) is 10.6 Å². The van der Waals surface area contributed by atoms with E-state index in [0.29, 0.717) is 10.2 Å². The Morgan fingerprint density at radius 3 is 2.71 bits per heavy atom. The highest BCUT2D eigenvalue weighted by Crippen LogP contribution is 2.21. The van der Waals surface area contributed by atoms with Gasteiger partial charge in [0.2, 0.25) is 5.91 Å². The molecule has 0 spiro atoms. The van der Waals surface area contributed by atoms with Crippen LogP contribution in [-0.4, -0.2) is 15.5 Å². The number of aromatic nitrogens is 2. The Balaban J connectivity index is 1.90. The Bertz CT molecular complexity index is 988. The van der Waals surface area contributed by atoms with E-state index in [1.54, 1.807) is 6.92 Å². The first kappa shape index (κ1) is 16.4. The monoisotopic (exact) mass is 341 g/mol. The average molecular weight is 341 g/mol. The highest BCUT2D eigenvalue weighted by atomic mass is 32.1. The van der Waals surface area contributed by atoms with Gasteiger partial charge in [0.25, 0.3) is 5.56 Å². The molecule has 2 heterocycles. The van der Waals surface area contributed by atoms with Gasteiger partial charge in [0.05, 0.1) is 11.7 Å². The second-order valence-electron chi connectivity index (χ2n) is 6.02. The molecule has 0 unspecified atom stereocenters. The summed E-state index contributed by atoms with van der Waals surface area (Å²) in [5.41, 5.74) is 2.70. The lowest BCUT2D eigenvalue weighted by atomic mass is 10.1. The maximum atomic E-state index is 12.6. The van der Waals surface area contributed by atoms with Crippen LogP contribution >= 0.6 is 11.3 Å². The number of aryl methyl sites for hydroxylation is 3. The van der Waals surface area contributed by atoms with E-state index in [4.69, 9.17) is 0 Å². The Morgan fingerprint density at radius 1 is 1.25 bits per heavy atom. The van der Waals surface area contributed by atoms with E-state index in [1.165, 1.54) is 22.2 Å². The first-order valence-corrected chi connectivity index (χ1v) is 8.54. The summed E-state index contributed by atoms with van der Waals surface area (Å²) in [5.74, 6) is -0.239. The quantitative estimate of drug-likeness (QED) is 0.792. The van der Waals surface area contributed by atoms with Crippen LogP contribution in [0.5, 0.6) is 0 Å². The normalized spacial score (nSPS) is 12.3. The molecule has 1 N–H and O–H groups in total. The number of nitrogens with zero attached hydrogens (tertiary/aromatic N) is 2. The molecule has 1 amide bonds. The van der Waals surface area contributed by atoms with Crippen molar-refractivity contribution in [1.29, 1.82) is 0 Å². The van der Waals surface area contributed by atoms with Gasteiger partial charge < -0.3 is 5.32 Å². The molecule has 0 aliphatic carbocycles. The molecule has 24 heavy (non-hydrogen) atoms. The zero-order valence-corrected chi connectivity index (χ0v) is 14.9. The van der Waals surface area contributed by atoms with E-state index in [1.807, 2.05) is 45.0 Å². The van der Waals surface area contributed by atoms with Crippen molar-refractivity contribution in [2.75, 3.05) is 5.32 Å². The van der Waals surface area contributed by atoms with E-state index in [9.17, 15) is 9.59 Å². The second kappa shape index (κ2) is 6.20. The molecule has 3 rings (SSSR count). The molecule has 0 bridgehead atoms. The lowest BCUT2D eigenvalue weighted by molar-refractivity contribution is -0.118. The van der Waals surface area contributed by atoms with E-state index in [2.05, 4.69) is 10.3 Å². The summed E-state index contributed by atoms with van der Waals surface area (Å²) in [4.78, 5) is 31.2. The summed E-state index contributed by atoms with van der Waals surface area (Å²) < 4.78 is 1.38. The van der Waals surface area contributed by atoms with Crippen molar-refractivity contribution in [3.63, 3.8) is 0 Å². The third-order valence-electron chi connectivity index (χ3n) is 4.04. The summed E-state index contributed by atoms with van der Waals surface area (Å²) in [6.45, 7) is 7.59. The van der Waals surface area contributed by atoms with Crippen LogP contribution in [0.4, 0.5) is 5.69 Å². The predicted molar refractivity (Wildman–Crippen MR) is 97.9 cm³/mol. The number of benzene rings is 1. The number of carbonyl (C=O) groups excluding carboxylic acids is 1. The number of carbonyl (C=O) groups is 1. The molecule has 0 aliphatic heterocycles. The fourth-order valence-electron chi connectivity index (χ4n) is 2.65. The number of anilines is 1. The molecule has 0 fully saturated rings. The molecule has 5 nitrogen and oxygen atoms in total. The fourth-order valence-corrected chi connectivity index (χ4v) is 3.49. The zero-order chi connectivity index (χ0) is 17.4. The lowest BCUT2D eigenvalue weighted by Crippen LogP contribution is -2.31. The number of thiophene rings is 1. The summed E-state index contributed by atoms with van der Waals surface area (Å²) in [6.07, 6.45) is 1.45. The molecule has 2 aromatic heterocycles. The third kappa shape index (κ3) is 2.97. The van der Waals surface area contributed by atoms with Crippen LogP contribution in [0.25, 0.3) is 10.2 Å². The standard InChI is InChI=1S/C18H19N3O2S/c1-10-5-6-15(11(2)7-10)20-16(22)13(4)21-9-19-17-14(18(21)23)8-12(3)24-17/h5-9,13H,1-4H3,(H,20,22)/t13-/m0/s1. The van der Waals surface area contributed by atoms with Gasteiger partial charge in [-0.25, -0.2) is 4.98 Å². The third-order valence-corrected chi connectivity index (χ3v) is 4.99. The second-order valence-corrected chi connectivity index (χ2v) is 7.25. The van der Waals surface area contributed by atoms with E-state index in [-0.39, 0.29) is 11.5 Å². The van der Waals surface area contributed by atoms with Crippen LogP contribution in [0.1, 0.15) is 29.0 Å². The topological polar surface area (TPSA) is 64.0 Å². The molecule has 1 aromatic carbocycles. The van der Waals surface area contributed by atoms with Gasteiger partial charge in [0.15, 0.2) is 0 Å². The van der Waals surface area contributed by atoms with Crippen molar-refractivity contribution in [1.82, 2.24) is 9.55 Å². The molecule has 0 aliphatic rings. The maximum absolute atomic E-state index is 12.6. The van der Waals surface area contributed by atoms with Gasteiger partial charge in [-0.1, -0.05) is 17.7 Å². The molecule has 6 heteroatoms. The Morgan fingerprint density at radius 2 is 2.00 bits per heavy atom. The largest absolute Gasteiger partial charge is 0.324 e. The number of rotatable bonds is 3. The minimum absolute atomic E-state index is 0.187. The Hall–Kier alpha value is -2.47. The molecule has 0 saturated carbocycles. The highest BCUT2D eigenvalue weighted by molar-refractivity contribution is 7.18. The molecule has 1 atom stereocenters. The van der Waals surface area contributed by atoms with Crippen LogP contribution in [0.3, 0.4) is 0 Å². The van der Waals surface area contributed by atoms with Crippen molar-refractivity contribution in [2.24, 2.45) is 0 Å². The fraction of sp³-hybridized carbons (Fsp3) is 0.278. The molecular formula is C18H19N3O2S. The van der Waals surface area contributed by atoms with Crippen molar-refractivity contribution in [3.05, 3.63) is 57.0 Å². The van der Waals surface area contributed by atoms with Crippen molar-refractivity contribution in [2.45, 2.75) is 33.7 Å². The number of amides is 1. The zero-order valence-electron chi connectivity index (χ0n) is 14.1. The van der Waals surface area contributed by atoms with Gasteiger partial charge in [-0.2, -0.15) is 0 Å². The highest BCUT2D eigenvalue weighted by Gasteiger charge is 2.19. The van der Waals surface area contributed by atoms with Crippen LogP contribution in [0.2, 0.25) is 0 Å². The van der Waals surface area contributed by atoms with Gasteiger partial charge in [-0.15, -0.1) is 11.3 Å². The summed E-state index contributed by atoms with van der Waals surface area (Å²) in [6, 6.07) is 7.01. The molecule has 3 aromatic rings. The Kier molecular flexibility index (Phi) is 4.24. The summed E-state index contributed by atoms with van der Waals surface area (Å²) in [7, 11) is 0. The van der Waals surface area contributed by atoms with Crippen LogP contribution in [0, 0.1) is 20.8 Å².